The molecule has 1 aromatic rings. The molecule has 0 aliphatic carbocycles. The van der Waals surface area contributed by atoms with Crippen molar-refractivity contribution in [1.29, 1.82) is 0 Å². The van der Waals surface area contributed by atoms with Gasteiger partial charge in [0.2, 0.25) is 0 Å². The van der Waals surface area contributed by atoms with Crippen LogP contribution in [0.2, 0.25) is 0 Å². The van der Waals surface area contributed by atoms with Gasteiger partial charge in [0, 0.05) is 17.2 Å². The third-order valence-corrected chi connectivity index (χ3v) is 3.26. The first-order valence-electron chi connectivity index (χ1n) is 5.86. The van der Waals surface area contributed by atoms with Crippen LogP contribution in [0.15, 0.2) is 23.1 Å². The molecular weight excluding hydrogens is 237 g/mol. The second-order valence-corrected chi connectivity index (χ2v) is 5.50. The van der Waals surface area contributed by atoms with Gasteiger partial charge in [0.25, 0.3) is 0 Å². The third-order valence-electron chi connectivity index (χ3n) is 2.23. The number of rotatable bonds is 7. The number of thioether (sulfide) groups is 1. The van der Waals surface area contributed by atoms with Crippen molar-refractivity contribution in [2.75, 3.05) is 18.9 Å². The summed E-state index contributed by atoms with van der Waals surface area (Å²) in [5.74, 6) is 0.925. The molecule has 0 fully saturated rings. The van der Waals surface area contributed by atoms with Crippen molar-refractivity contribution >= 4 is 11.8 Å². The summed E-state index contributed by atoms with van der Waals surface area (Å²) in [6.45, 7) is 5.98. The van der Waals surface area contributed by atoms with Crippen molar-refractivity contribution in [2.24, 2.45) is 5.92 Å². The molecule has 0 aromatic heterocycles. The summed E-state index contributed by atoms with van der Waals surface area (Å²) in [5.41, 5.74) is 0.955. The van der Waals surface area contributed by atoms with E-state index in [0.29, 0.717) is 23.1 Å². The SMILES string of the molecule is CC(C)CNCc1ccc(SCCO)c(F)c1. The number of hydrogen-bond donors (Lipinski definition) is 2. The summed E-state index contributed by atoms with van der Waals surface area (Å²) in [6, 6.07) is 5.27. The monoisotopic (exact) mass is 257 g/mol. The van der Waals surface area contributed by atoms with Crippen LogP contribution in [0.3, 0.4) is 0 Å². The van der Waals surface area contributed by atoms with E-state index in [1.807, 2.05) is 6.07 Å². The van der Waals surface area contributed by atoms with Crippen LogP contribution >= 0.6 is 11.8 Å². The molecule has 0 heterocycles. The first-order chi connectivity index (χ1) is 8.13. The highest BCUT2D eigenvalue weighted by atomic mass is 32.2. The zero-order valence-electron chi connectivity index (χ0n) is 10.4. The van der Waals surface area contributed by atoms with Gasteiger partial charge < -0.3 is 10.4 Å². The van der Waals surface area contributed by atoms with Gasteiger partial charge in [0.05, 0.1) is 6.61 Å². The van der Waals surface area contributed by atoms with E-state index in [9.17, 15) is 4.39 Å². The van der Waals surface area contributed by atoms with E-state index in [2.05, 4.69) is 19.2 Å². The van der Waals surface area contributed by atoms with Gasteiger partial charge in [-0.25, -0.2) is 4.39 Å². The van der Waals surface area contributed by atoms with E-state index in [0.717, 1.165) is 12.1 Å². The minimum absolute atomic E-state index is 0.0712. The van der Waals surface area contributed by atoms with Gasteiger partial charge in [0.15, 0.2) is 0 Å². The topological polar surface area (TPSA) is 32.3 Å². The minimum atomic E-state index is -0.202. The molecule has 1 rings (SSSR count). The van der Waals surface area contributed by atoms with E-state index in [4.69, 9.17) is 5.11 Å². The molecule has 2 nitrogen and oxygen atoms in total. The van der Waals surface area contributed by atoms with Crippen LogP contribution in [0.5, 0.6) is 0 Å². The van der Waals surface area contributed by atoms with Crippen molar-refractivity contribution in [3.63, 3.8) is 0 Å². The molecule has 2 N–H and O–H groups in total. The Hall–Kier alpha value is -0.580. The van der Waals surface area contributed by atoms with Crippen LogP contribution in [-0.4, -0.2) is 24.0 Å². The van der Waals surface area contributed by atoms with E-state index in [1.54, 1.807) is 12.1 Å². The number of hydrogen-bond acceptors (Lipinski definition) is 3. The van der Waals surface area contributed by atoms with Gasteiger partial charge in [-0.1, -0.05) is 19.9 Å². The van der Waals surface area contributed by atoms with Crippen molar-refractivity contribution in [3.05, 3.63) is 29.6 Å². The molecule has 0 amide bonds. The van der Waals surface area contributed by atoms with E-state index in [-0.39, 0.29) is 12.4 Å². The van der Waals surface area contributed by atoms with Crippen LogP contribution in [0.4, 0.5) is 4.39 Å². The predicted molar refractivity (Wildman–Crippen MR) is 70.8 cm³/mol. The lowest BCUT2D eigenvalue weighted by Gasteiger charge is -2.08. The van der Waals surface area contributed by atoms with Gasteiger partial charge >= 0.3 is 0 Å². The molecule has 0 bridgehead atoms. The van der Waals surface area contributed by atoms with Crippen LogP contribution in [0.25, 0.3) is 0 Å². The molecule has 0 aliphatic heterocycles. The van der Waals surface area contributed by atoms with E-state index >= 15 is 0 Å². The number of benzene rings is 1. The van der Waals surface area contributed by atoms with Gasteiger partial charge in [0.1, 0.15) is 5.82 Å². The molecule has 0 saturated heterocycles. The van der Waals surface area contributed by atoms with E-state index < -0.39 is 0 Å². The van der Waals surface area contributed by atoms with Crippen molar-refractivity contribution in [3.8, 4) is 0 Å². The average Bonchev–Trinajstić information content (AvgIpc) is 2.27. The van der Waals surface area contributed by atoms with Crippen LogP contribution in [0.1, 0.15) is 19.4 Å². The molecule has 4 heteroatoms. The fourth-order valence-corrected chi connectivity index (χ4v) is 2.10. The lowest BCUT2D eigenvalue weighted by atomic mass is 10.2. The Labute approximate surface area is 107 Å². The van der Waals surface area contributed by atoms with Crippen molar-refractivity contribution in [1.82, 2.24) is 5.32 Å². The summed E-state index contributed by atoms with van der Waals surface area (Å²) in [4.78, 5) is 0.603. The maximum absolute atomic E-state index is 13.6. The molecule has 0 saturated carbocycles. The largest absolute Gasteiger partial charge is 0.396 e. The molecule has 0 atom stereocenters. The maximum Gasteiger partial charge on any atom is 0.137 e. The standard InChI is InChI=1S/C13H20FNOS/c1-10(2)8-15-9-11-3-4-13(12(14)7-11)17-6-5-16/h3-4,7,10,15-16H,5-6,8-9H2,1-2H3. The average molecular weight is 257 g/mol. The second-order valence-electron chi connectivity index (χ2n) is 4.36. The number of nitrogens with one attached hydrogen (secondary N) is 1. The first-order valence-corrected chi connectivity index (χ1v) is 6.85. The van der Waals surface area contributed by atoms with Crippen molar-refractivity contribution < 1.29 is 9.50 Å². The summed E-state index contributed by atoms with van der Waals surface area (Å²) in [6.07, 6.45) is 0. The zero-order valence-corrected chi connectivity index (χ0v) is 11.2. The van der Waals surface area contributed by atoms with Gasteiger partial charge in [-0.15, -0.1) is 11.8 Å². The Morgan fingerprint density at radius 2 is 2.18 bits per heavy atom. The number of halogens is 1. The highest BCUT2D eigenvalue weighted by molar-refractivity contribution is 7.99. The normalized spacial score (nSPS) is 11.1. The highest BCUT2D eigenvalue weighted by Gasteiger charge is 2.04. The Morgan fingerprint density at radius 3 is 2.76 bits per heavy atom. The van der Waals surface area contributed by atoms with E-state index in [1.165, 1.54) is 11.8 Å². The molecule has 1 aromatic carbocycles. The molecular formula is C13H20FNOS. The summed E-state index contributed by atoms with van der Waals surface area (Å²) < 4.78 is 13.6. The smallest absolute Gasteiger partial charge is 0.137 e. The Kier molecular flexibility index (Phi) is 6.55. The summed E-state index contributed by atoms with van der Waals surface area (Å²) >= 11 is 1.34. The quantitative estimate of drug-likeness (QED) is 0.737. The molecule has 96 valence electrons. The Bertz CT molecular complexity index is 344. The summed E-state index contributed by atoms with van der Waals surface area (Å²) in [7, 11) is 0. The van der Waals surface area contributed by atoms with Crippen LogP contribution in [0, 0.1) is 11.7 Å². The Morgan fingerprint density at radius 1 is 1.41 bits per heavy atom. The van der Waals surface area contributed by atoms with Crippen LogP contribution in [-0.2, 0) is 6.54 Å². The maximum atomic E-state index is 13.6. The zero-order chi connectivity index (χ0) is 12.7. The molecule has 0 unspecified atom stereocenters. The van der Waals surface area contributed by atoms with Crippen molar-refractivity contribution in [2.45, 2.75) is 25.3 Å². The molecule has 0 spiro atoms. The summed E-state index contributed by atoms with van der Waals surface area (Å²) in [5, 5.41) is 12.0. The third kappa shape index (κ3) is 5.52. The van der Waals surface area contributed by atoms with Crippen LogP contribution < -0.4 is 5.32 Å². The molecule has 0 radical (unpaired) electrons. The van der Waals surface area contributed by atoms with Gasteiger partial charge in [-0.05, 0) is 30.2 Å². The molecule has 17 heavy (non-hydrogen) atoms. The highest BCUT2D eigenvalue weighted by Crippen LogP contribution is 2.22. The fraction of sp³-hybridized carbons (Fsp3) is 0.538. The predicted octanol–water partition coefficient (Wildman–Crippen LogP) is 2.66. The minimum Gasteiger partial charge on any atom is -0.396 e. The number of aliphatic hydroxyl groups is 1. The van der Waals surface area contributed by atoms with Gasteiger partial charge in [-0.3, -0.25) is 0 Å². The Balaban J connectivity index is 2.50. The molecule has 0 aliphatic rings. The first kappa shape index (κ1) is 14.5. The lowest BCUT2D eigenvalue weighted by Crippen LogP contribution is -2.19. The lowest BCUT2D eigenvalue weighted by molar-refractivity contribution is 0.322. The number of aliphatic hydroxyl groups excluding tert-OH is 1. The fourth-order valence-electron chi connectivity index (χ4n) is 1.43. The van der Waals surface area contributed by atoms with Gasteiger partial charge in [-0.2, -0.15) is 0 Å². The second kappa shape index (κ2) is 7.69.